The molecule has 0 aromatic heterocycles. The van der Waals surface area contributed by atoms with E-state index in [9.17, 15) is 20.1 Å². The van der Waals surface area contributed by atoms with Gasteiger partial charge < -0.3 is 29.9 Å². The number of rotatable bonds is 7. The second-order valence-electron chi connectivity index (χ2n) is 4.46. The maximum atomic E-state index is 11.4. The molecule has 0 bridgehead atoms. The lowest BCUT2D eigenvalue weighted by molar-refractivity contribution is -0.311. The summed E-state index contributed by atoms with van der Waals surface area (Å²) in [5, 5.41) is 41.4. The number of ether oxygens (including phenoxy) is 2. The van der Waals surface area contributed by atoms with Crippen molar-refractivity contribution in [3.63, 3.8) is 0 Å². The van der Waals surface area contributed by atoms with Crippen LogP contribution in [0.3, 0.4) is 0 Å². The number of aliphatic hydroxyl groups is 3. The van der Waals surface area contributed by atoms with Crippen LogP contribution in [0.15, 0.2) is 17.8 Å². The summed E-state index contributed by atoms with van der Waals surface area (Å²) in [5.74, 6) is -3.74. The molecule has 0 saturated carbocycles. The first-order valence-corrected chi connectivity index (χ1v) is 6.09. The minimum atomic E-state index is -2.23. The van der Waals surface area contributed by atoms with Crippen molar-refractivity contribution < 1.29 is 34.7 Å². The molecular formula is C11H17N3O7. The predicted octanol–water partition coefficient (Wildman–Crippen LogP) is -0.848. The SMILES string of the molecule is C=CCO[C@]1(C(=O)O)C[C@@H](O)[C@@H](O)[C@@H](C(CO)N=[N+]=[N-])O1. The standard InChI is InChI=1S/C11H17N3O7/c1-2-3-20-11(10(18)19)4-7(16)8(17)9(21-11)6(5-15)13-14-12/h2,6-9,15-17H,1,3-5H2,(H,18,19)/t6?,7-,8-,9-,11-/m1/s1. The molecule has 0 aromatic carbocycles. The maximum Gasteiger partial charge on any atom is 0.364 e. The van der Waals surface area contributed by atoms with Crippen LogP contribution in [-0.4, -0.2) is 69.8 Å². The van der Waals surface area contributed by atoms with Gasteiger partial charge in [-0.25, -0.2) is 4.79 Å². The highest BCUT2D eigenvalue weighted by molar-refractivity contribution is 5.76. The number of carbonyl (C=O) groups is 1. The van der Waals surface area contributed by atoms with E-state index in [4.69, 9.17) is 20.1 Å². The topological polar surface area (TPSA) is 165 Å². The molecule has 1 aliphatic rings. The van der Waals surface area contributed by atoms with Crippen LogP contribution in [-0.2, 0) is 14.3 Å². The third-order valence-electron chi connectivity index (χ3n) is 3.06. The molecule has 0 spiro atoms. The Morgan fingerprint density at radius 3 is 2.81 bits per heavy atom. The molecule has 1 unspecified atom stereocenters. The zero-order valence-corrected chi connectivity index (χ0v) is 11.1. The average molecular weight is 303 g/mol. The smallest absolute Gasteiger partial charge is 0.364 e. The second-order valence-corrected chi connectivity index (χ2v) is 4.46. The van der Waals surface area contributed by atoms with Crippen LogP contribution < -0.4 is 0 Å². The van der Waals surface area contributed by atoms with E-state index in [1.54, 1.807) is 0 Å². The van der Waals surface area contributed by atoms with Crippen molar-refractivity contribution in [1.82, 2.24) is 0 Å². The zero-order valence-electron chi connectivity index (χ0n) is 11.1. The monoisotopic (exact) mass is 303 g/mol. The van der Waals surface area contributed by atoms with Crippen molar-refractivity contribution in [1.29, 1.82) is 0 Å². The molecule has 1 heterocycles. The van der Waals surface area contributed by atoms with Gasteiger partial charge in [0.15, 0.2) is 0 Å². The lowest BCUT2D eigenvalue weighted by Crippen LogP contribution is -2.62. The third-order valence-corrected chi connectivity index (χ3v) is 3.06. The van der Waals surface area contributed by atoms with Gasteiger partial charge in [-0.05, 0) is 5.53 Å². The predicted molar refractivity (Wildman–Crippen MR) is 68.0 cm³/mol. The van der Waals surface area contributed by atoms with Gasteiger partial charge in [0.25, 0.3) is 5.79 Å². The molecule has 10 nitrogen and oxygen atoms in total. The van der Waals surface area contributed by atoms with Crippen LogP contribution in [0.5, 0.6) is 0 Å². The number of carboxylic acid groups (broad SMARTS) is 1. The van der Waals surface area contributed by atoms with Crippen molar-refractivity contribution in [3.8, 4) is 0 Å². The average Bonchev–Trinajstić information content (AvgIpc) is 2.46. The van der Waals surface area contributed by atoms with E-state index in [-0.39, 0.29) is 6.61 Å². The van der Waals surface area contributed by atoms with Crippen molar-refractivity contribution in [3.05, 3.63) is 23.1 Å². The van der Waals surface area contributed by atoms with Gasteiger partial charge in [-0.3, -0.25) is 0 Å². The maximum absolute atomic E-state index is 11.4. The Morgan fingerprint density at radius 2 is 2.33 bits per heavy atom. The molecule has 21 heavy (non-hydrogen) atoms. The number of azide groups is 1. The molecule has 1 fully saturated rings. The molecular weight excluding hydrogens is 286 g/mol. The number of hydrogen-bond acceptors (Lipinski definition) is 7. The van der Waals surface area contributed by atoms with Crippen LogP contribution in [0.4, 0.5) is 0 Å². The van der Waals surface area contributed by atoms with Gasteiger partial charge in [-0.2, -0.15) is 0 Å². The summed E-state index contributed by atoms with van der Waals surface area (Å²) >= 11 is 0. The summed E-state index contributed by atoms with van der Waals surface area (Å²) in [5.41, 5.74) is 8.42. The van der Waals surface area contributed by atoms with Crippen molar-refractivity contribution in [2.24, 2.45) is 5.11 Å². The molecule has 1 saturated heterocycles. The van der Waals surface area contributed by atoms with Crippen molar-refractivity contribution >= 4 is 5.97 Å². The van der Waals surface area contributed by atoms with Gasteiger partial charge in [0, 0.05) is 11.3 Å². The highest BCUT2D eigenvalue weighted by Gasteiger charge is 2.54. The van der Waals surface area contributed by atoms with Gasteiger partial charge in [0.1, 0.15) is 12.2 Å². The molecule has 118 valence electrons. The summed E-state index contributed by atoms with van der Waals surface area (Å²) in [7, 11) is 0. The number of carboxylic acids is 1. The zero-order chi connectivity index (χ0) is 16.0. The molecule has 0 aliphatic carbocycles. The van der Waals surface area contributed by atoms with Gasteiger partial charge in [-0.1, -0.05) is 11.2 Å². The fourth-order valence-electron chi connectivity index (χ4n) is 2.02. The highest BCUT2D eigenvalue weighted by atomic mass is 16.7. The quantitative estimate of drug-likeness (QED) is 0.206. The van der Waals surface area contributed by atoms with Crippen molar-refractivity contribution in [2.75, 3.05) is 13.2 Å². The minimum Gasteiger partial charge on any atom is -0.477 e. The summed E-state index contributed by atoms with van der Waals surface area (Å²) in [6, 6.07) is -1.27. The number of hydrogen-bond donors (Lipinski definition) is 4. The van der Waals surface area contributed by atoms with E-state index >= 15 is 0 Å². The van der Waals surface area contributed by atoms with Crippen LogP contribution in [0, 0.1) is 0 Å². The Bertz CT molecular complexity index is 440. The van der Waals surface area contributed by atoms with Crippen LogP contribution in [0.25, 0.3) is 10.4 Å². The Hall–Kier alpha value is -1.68. The van der Waals surface area contributed by atoms with Gasteiger partial charge in [0.05, 0.1) is 25.4 Å². The first-order valence-electron chi connectivity index (χ1n) is 6.09. The Balaban J connectivity index is 3.10. The number of nitrogens with zero attached hydrogens (tertiary/aromatic N) is 3. The molecule has 1 rings (SSSR count). The molecule has 10 heteroatoms. The van der Waals surface area contributed by atoms with E-state index in [1.807, 2.05) is 0 Å². The summed E-state index contributed by atoms with van der Waals surface area (Å²) in [4.78, 5) is 13.9. The fourth-order valence-corrected chi connectivity index (χ4v) is 2.02. The van der Waals surface area contributed by atoms with E-state index in [1.165, 1.54) is 6.08 Å². The summed E-state index contributed by atoms with van der Waals surface area (Å²) < 4.78 is 10.3. The molecule has 1 aliphatic heterocycles. The fraction of sp³-hybridized carbons (Fsp3) is 0.727. The van der Waals surface area contributed by atoms with Crippen molar-refractivity contribution in [2.45, 2.75) is 36.6 Å². The lowest BCUT2D eigenvalue weighted by atomic mass is 9.92. The minimum absolute atomic E-state index is 0.173. The molecule has 5 atom stereocenters. The molecule has 0 radical (unpaired) electrons. The van der Waals surface area contributed by atoms with E-state index in [2.05, 4.69) is 16.6 Å². The molecule has 4 N–H and O–H groups in total. The highest BCUT2D eigenvalue weighted by Crippen LogP contribution is 2.33. The Morgan fingerprint density at radius 1 is 1.67 bits per heavy atom. The van der Waals surface area contributed by atoms with Gasteiger partial charge >= 0.3 is 5.97 Å². The molecule has 0 aromatic rings. The Labute approximate surface area is 119 Å². The van der Waals surface area contributed by atoms with Gasteiger partial charge in [-0.15, -0.1) is 6.58 Å². The largest absolute Gasteiger partial charge is 0.477 e. The number of aliphatic hydroxyl groups excluding tert-OH is 3. The second kappa shape index (κ2) is 7.36. The first kappa shape index (κ1) is 17.4. The van der Waals surface area contributed by atoms with E-state index in [0.717, 1.165) is 0 Å². The first-order chi connectivity index (χ1) is 9.91. The van der Waals surface area contributed by atoms with Crippen LogP contribution >= 0.6 is 0 Å². The third kappa shape index (κ3) is 3.70. The van der Waals surface area contributed by atoms with Crippen LogP contribution in [0.1, 0.15) is 6.42 Å². The molecule has 0 amide bonds. The number of aliphatic carboxylic acids is 1. The summed E-state index contributed by atoms with van der Waals surface area (Å²) in [6.45, 7) is 2.51. The lowest BCUT2D eigenvalue weighted by Gasteiger charge is -2.43. The van der Waals surface area contributed by atoms with E-state index in [0.29, 0.717) is 0 Å². The van der Waals surface area contributed by atoms with Crippen LogP contribution in [0.2, 0.25) is 0 Å². The normalized spacial score (nSPS) is 33.8. The van der Waals surface area contributed by atoms with Gasteiger partial charge in [0.2, 0.25) is 0 Å². The Kier molecular flexibility index (Phi) is 6.09. The summed E-state index contributed by atoms with van der Waals surface area (Å²) in [6.07, 6.45) is -3.70. The van der Waals surface area contributed by atoms with E-state index < -0.39 is 49.1 Å².